The molecule has 50 valence electrons. The van der Waals surface area contributed by atoms with E-state index < -0.39 is 0 Å². The van der Waals surface area contributed by atoms with Gasteiger partial charge in [-0.15, -0.1) is 0 Å². The topological polar surface area (TPSA) is 62.2 Å². The Labute approximate surface area is 57.2 Å². The zero-order chi connectivity index (χ0) is 6.81. The van der Waals surface area contributed by atoms with Crippen LogP contribution in [0.2, 0.25) is 0 Å². The summed E-state index contributed by atoms with van der Waals surface area (Å²) in [5.74, 6) is 0. The molecule has 0 atom stereocenters. The number of anilines is 1. The van der Waals surface area contributed by atoms with Gasteiger partial charge in [-0.1, -0.05) is 0 Å². The number of nitrogens with one attached hydrogen (secondary N) is 2. The minimum Gasteiger partial charge on any atom is -0.296 e. The molecule has 2 heterocycles. The van der Waals surface area contributed by atoms with Gasteiger partial charge in [-0.2, -0.15) is 10.2 Å². The Kier molecular flexibility index (Phi) is 1.00. The Hall–Kier alpha value is -1.65. The molecule has 0 amide bonds. The molecule has 0 bridgehead atoms. The summed E-state index contributed by atoms with van der Waals surface area (Å²) in [5, 5.41) is 7.34. The van der Waals surface area contributed by atoms with Crippen LogP contribution in [0.15, 0.2) is 17.4 Å². The van der Waals surface area contributed by atoms with Gasteiger partial charge in [-0.3, -0.25) is 10.9 Å². The first-order valence-corrected chi connectivity index (χ1v) is 2.81. The summed E-state index contributed by atoms with van der Waals surface area (Å²) < 4.78 is 0. The van der Waals surface area contributed by atoms with Crippen molar-refractivity contribution in [3.05, 3.63) is 12.4 Å². The van der Waals surface area contributed by atoms with Crippen molar-refractivity contribution in [1.29, 1.82) is 0 Å². The Bertz CT molecular complexity index is 268. The monoisotopic (exact) mass is 135 g/mol. The highest BCUT2D eigenvalue weighted by molar-refractivity contribution is 5.75. The van der Waals surface area contributed by atoms with Crippen LogP contribution in [0, 0.1) is 0 Å². The van der Waals surface area contributed by atoms with E-state index in [1.807, 2.05) is 0 Å². The molecule has 2 rings (SSSR count). The van der Waals surface area contributed by atoms with Crippen molar-refractivity contribution in [3.63, 3.8) is 0 Å². The molecule has 0 saturated carbocycles. The second-order valence-corrected chi connectivity index (χ2v) is 1.82. The van der Waals surface area contributed by atoms with Gasteiger partial charge in [-0.25, -0.2) is 4.99 Å². The average molecular weight is 135 g/mol. The molecule has 10 heavy (non-hydrogen) atoms. The highest BCUT2D eigenvalue weighted by Crippen LogP contribution is 2.21. The predicted octanol–water partition coefficient (Wildman–Crippen LogP) is 0.0665. The SMILES string of the molecule is C1=Nc2cnncc2NN1. The summed E-state index contributed by atoms with van der Waals surface area (Å²) in [6.45, 7) is 0. The molecule has 5 heteroatoms. The highest BCUT2D eigenvalue weighted by atomic mass is 15.4. The molecule has 5 nitrogen and oxygen atoms in total. The van der Waals surface area contributed by atoms with Crippen molar-refractivity contribution < 1.29 is 0 Å². The Balaban J connectivity index is 2.54. The Morgan fingerprint density at radius 1 is 1.20 bits per heavy atom. The number of aromatic nitrogens is 2. The molecule has 0 spiro atoms. The first-order valence-electron chi connectivity index (χ1n) is 2.81. The molecule has 0 saturated heterocycles. The molecule has 0 radical (unpaired) electrons. The van der Waals surface area contributed by atoms with Crippen molar-refractivity contribution in [2.75, 3.05) is 5.43 Å². The van der Waals surface area contributed by atoms with E-state index in [9.17, 15) is 0 Å². The standard InChI is InChI=1S/C5H5N5/c1-4-5(2-8-7-1)10-9-3-6-4/h1-3,10H,(H,6,9). The zero-order valence-electron chi connectivity index (χ0n) is 5.07. The second kappa shape index (κ2) is 1.94. The van der Waals surface area contributed by atoms with Crippen LogP contribution in [0.1, 0.15) is 0 Å². The van der Waals surface area contributed by atoms with Gasteiger partial charge in [0.05, 0.1) is 12.4 Å². The number of fused-ring (bicyclic) bond motifs is 1. The van der Waals surface area contributed by atoms with Crippen molar-refractivity contribution >= 4 is 17.7 Å². The average Bonchev–Trinajstić information content (AvgIpc) is 2.05. The van der Waals surface area contributed by atoms with Gasteiger partial charge in [0.1, 0.15) is 17.7 Å². The van der Waals surface area contributed by atoms with Crippen LogP contribution in [0.25, 0.3) is 0 Å². The fourth-order valence-corrected chi connectivity index (χ4v) is 0.726. The zero-order valence-corrected chi connectivity index (χ0v) is 5.07. The molecule has 1 aliphatic rings. The summed E-state index contributed by atoms with van der Waals surface area (Å²) in [5.41, 5.74) is 7.24. The minimum absolute atomic E-state index is 0.800. The van der Waals surface area contributed by atoms with Crippen LogP contribution in [-0.2, 0) is 0 Å². The van der Waals surface area contributed by atoms with Crippen LogP contribution in [0.3, 0.4) is 0 Å². The molecule has 1 aromatic heterocycles. The third-order valence-electron chi connectivity index (χ3n) is 1.18. The molecular weight excluding hydrogens is 130 g/mol. The lowest BCUT2D eigenvalue weighted by molar-refractivity contribution is 1.00. The highest BCUT2D eigenvalue weighted by Gasteiger charge is 2.01. The molecule has 0 aromatic carbocycles. The van der Waals surface area contributed by atoms with Crippen LogP contribution in [0.4, 0.5) is 11.4 Å². The van der Waals surface area contributed by atoms with Gasteiger partial charge < -0.3 is 0 Å². The van der Waals surface area contributed by atoms with Gasteiger partial charge in [0, 0.05) is 0 Å². The molecule has 0 unspecified atom stereocenters. The van der Waals surface area contributed by atoms with E-state index in [0.717, 1.165) is 11.4 Å². The van der Waals surface area contributed by atoms with Crippen molar-refractivity contribution in [1.82, 2.24) is 15.6 Å². The van der Waals surface area contributed by atoms with Crippen molar-refractivity contribution in [3.8, 4) is 0 Å². The lowest BCUT2D eigenvalue weighted by Crippen LogP contribution is -2.22. The van der Waals surface area contributed by atoms with E-state index in [2.05, 4.69) is 26.0 Å². The first kappa shape index (κ1) is 5.16. The lowest BCUT2D eigenvalue weighted by atomic mass is 10.4. The molecule has 0 aliphatic carbocycles. The van der Waals surface area contributed by atoms with E-state index in [4.69, 9.17) is 0 Å². The summed E-state index contributed by atoms with van der Waals surface area (Å²) in [6.07, 6.45) is 4.77. The van der Waals surface area contributed by atoms with Crippen LogP contribution >= 0.6 is 0 Å². The number of rotatable bonds is 0. The molecule has 0 fully saturated rings. The Morgan fingerprint density at radius 3 is 3.00 bits per heavy atom. The van der Waals surface area contributed by atoms with Gasteiger partial charge in [-0.05, 0) is 0 Å². The quantitative estimate of drug-likeness (QED) is 0.528. The van der Waals surface area contributed by atoms with E-state index in [0.29, 0.717) is 0 Å². The summed E-state index contributed by atoms with van der Waals surface area (Å²) in [7, 11) is 0. The fourth-order valence-electron chi connectivity index (χ4n) is 0.726. The number of hydrogen-bond acceptors (Lipinski definition) is 5. The summed E-state index contributed by atoms with van der Waals surface area (Å²) in [4.78, 5) is 3.99. The van der Waals surface area contributed by atoms with Gasteiger partial charge in [0.25, 0.3) is 0 Å². The molecule has 2 N–H and O–H groups in total. The maximum Gasteiger partial charge on any atom is 0.111 e. The lowest BCUT2D eigenvalue weighted by Gasteiger charge is -2.10. The number of hydrogen-bond donors (Lipinski definition) is 2. The summed E-state index contributed by atoms with van der Waals surface area (Å²) in [6, 6.07) is 0. The van der Waals surface area contributed by atoms with E-state index in [-0.39, 0.29) is 0 Å². The minimum atomic E-state index is 0.800. The van der Waals surface area contributed by atoms with Crippen molar-refractivity contribution in [2.45, 2.75) is 0 Å². The van der Waals surface area contributed by atoms with Crippen LogP contribution < -0.4 is 10.9 Å². The molecule has 1 aromatic rings. The predicted molar refractivity (Wildman–Crippen MR) is 36.9 cm³/mol. The van der Waals surface area contributed by atoms with Gasteiger partial charge >= 0.3 is 0 Å². The largest absolute Gasteiger partial charge is 0.296 e. The van der Waals surface area contributed by atoms with Crippen LogP contribution in [-0.4, -0.2) is 16.5 Å². The second-order valence-electron chi connectivity index (χ2n) is 1.82. The molecule has 1 aliphatic heterocycles. The maximum absolute atomic E-state index is 3.99. The van der Waals surface area contributed by atoms with E-state index in [1.165, 1.54) is 0 Å². The third-order valence-corrected chi connectivity index (χ3v) is 1.18. The summed E-state index contributed by atoms with van der Waals surface area (Å²) >= 11 is 0. The van der Waals surface area contributed by atoms with E-state index in [1.54, 1.807) is 18.7 Å². The smallest absolute Gasteiger partial charge is 0.111 e. The maximum atomic E-state index is 3.99. The van der Waals surface area contributed by atoms with Crippen LogP contribution in [0.5, 0.6) is 0 Å². The van der Waals surface area contributed by atoms with Crippen molar-refractivity contribution in [2.24, 2.45) is 4.99 Å². The number of aliphatic imine (C=N–C) groups is 1. The van der Waals surface area contributed by atoms with Gasteiger partial charge in [0.15, 0.2) is 0 Å². The first-order chi connectivity index (χ1) is 4.97. The third kappa shape index (κ3) is 0.680. The molecular formula is C5H5N5. The van der Waals surface area contributed by atoms with Gasteiger partial charge in [0.2, 0.25) is 0 Å². The number of hydrazine groups is 1. The number of nitrogens with zero attached hydrogens (tertiary/aromatic N) is 3. The Morgan fingerprint density at radius 2 is 2.10 bits per heavy atom. The fraction of sp³-hybridized carbons (Fsp3) is 0. The normalized spacial score (nSPS) is 13.2. The van der Waals surface area contributed by atoms with E-state index >= 15 is 0 Å².